The second-order valence-electron chi connectivity index (χ2n) is 4.51. The highest BCUT2D eigenvalue weighted by Crippen LogP contribution is 2.23. The number of para-hydroxylation sites is 2. The zero-order valence-electron chi connectivity index (χ0n) is 9.54. The summed E-state index contributed by atoms with van der Waals surface area (Å²) in [5.74, 6) is 0.600. The Balaban J connectivity index is 1.81. The van der Waals surface area contributed by atoms with Gasteiger partial charge in [0.25, 0.3) is 0 Å². The second-order valence-corrected chi connectivity index (χ2v) is 4.51. The lowest BCUT2D eigenvalue weighted by atomic mass is 10.3. The number of benzene rings is 1. The summed E-state index contributed by atoms with van der Waals surface area (Å²) in [5, 5.41) is 0. The fraction of sp³-hybridized carbons (Fsp3) is 0.385. The Hall–Kier alpha value is -1.68. The minimum Gasteiger partial charge on any atom is -0.473 e. The molecule has 0 saturated heterocycles. The molecule has 1 aromatic carbocycles. The molecule has 2 aromatic rings. The van der Waals surface area contributed by atoms with Gasteiger partial charge < -0.3 is 10.5 Å². The number of ether oxygens (including phenoxy) is 1. The first kappa shape index (κ1) is 10.5. The van der Waals surface area contributed by atoms with Crippen molar-refractivity contribution in [2.24, 2.45) is 5.73 Å². The predicted molar refractivity (Wildman–Crippen MR) is 65.8 cm³/mol. The summed E-state index contributed by atoms with van der Waals surface area (Å²) in [6.07, 6.45) is 4.84. The van der Waals surface area contributed by atoms with Crippen LogP contribution in [0, 0.1) is 0 Å². The lowest BCUT2D eigenvalue weighted by Crippen LogP contribution is -2.19. The molecule has 0 spiro atoms. The average molecular weight is 229 g/mol. The average Bonchev–Trinajstić information content (AvgIpc) is 2.75. The molecule has 3 rings (SSSR count). The number of rotatable bonds is 2. The first-order chi connectivity index (χ1) is 8.31. The fourth-order valence-corrected chi connectivity index (χ4v) is 2.25. The molecule has 1 fully saturated rings. The highest BCUT2D eigenvalue weighted by molar-refractivity contribution is 5.73. The summed E-state index contributed by atoms with van der Waals surface area (Å²) < 4.78 is 5.80. The summed E-state index contributed by atoms with van der Waals surface area (Å²) in [5.41, 5.74) is 7.61. The highest BCUT2D eigenvalue weighted by atomic mass is 16.5. The van der Waals surface area contributed by atoms with Crippen LogP contribution in [0.4, 0.5) is 0 Å². The van der Waals surface area contributed by atoms with Gasteiger partial charge in [0.15, 0.2) is 0 Å². The molecule has 1 saturated carbocycles. The van der Waals surface area contributed by atoms with Crippen molar-refractivity contribution in [3.05, 3.63) is 30.5 Å². The van der Waals surface area contributed by atoms with Gasteiger partial charge in [-0.05, 0) is 31.4 Å². The third kappa shape index (κ3) is 2.22. The molecule has 0 radical (unpaired) electrons. The lowest BCUT2D eigenvalue weighted by molar-refractivity contribution is 0.199. The van der Waals surface area contributed by atoms with Gasteiger partial charge in [0.05, 0.1) is 17.2 Å². The number of hydrogen-bond acceptors (Lipinski definition) is 4. The molecule has 88 valence electrons. The monoisotopic (exact) mass is 229 g/mol. The van der Waals surface area contributed by atoms with Gasteiger partial charge in [-0.1, -0.05) is 12.1 Å². The lowest BCUT2D eigenvalue weighted by Gasteiger charge is -2.12. The van der Waals surface area contributed by atoms with Gasteiger partial charge in [-0.15, -0.1) is 0 Å². The number of fused-ring (bicyclic) bond motifs is 1. The van der Waals surface area contributed by atoms with Crippen molar-refractivity contribution in [2.45, 2.75) is 31.4 Å². The van der Waals surface area contributed by atoms with Crippen LogP contribution < -0.4 is 10.5 Å². The molecule has 1 heterocycles. The largest absolute Gasteiger partial charge is 0.473 e. The van der Waals surface area contributed by atoms with Gasteiger partial charge in [0.2, 0.25) is 5.88 Å². The Kier molecular flexibility index (Phi) is 2.65. The van der Waals surface area contributed by atoms with E-state index in [4.69, 9.17) is 10.5 Å². The molecule has 17 heavy (non-hydrogen) atoms. The summed E-state index contributed by atoms with van der Waals surface area (Å²) in [4.78, 5) is 8.76. The molecule has 4 nitrogen and oxygen atoms in total. The maximum atomic E-state index is 5.85. The Morgan fingerprint density at radius 2 is 2.00 bits per heavy atom. The van der Waals surface area contributed by atoms with Crippen molar-refractivity contribution in [2.75, 3.05) is 0 Å². The summed E-state index contributed by atoms with van der Waals surface area (Å²) in [7, 11) is 0. The van der Waals surface area contributed by atoms with Crippen molar-refractivity contribution in [1.29, 1.82) is 0 Å². The number of nitrogens with two attached hydrogens (primary N) is 1. The van der Waals surface area contributed by atoms with E-state index in [0.717, 1.165) is 30.3 Å². The third-order valence-electron chi connectivity index (χ3n) is 3.14. The van der Waals surface area contributed by atoms with Crippen LogP contribution in [-0.4, -0.2) is 22.1 Å². The molecule has 1 aliphatic carbocycles. The van der Waals surface area contributed by atoms with E-state index in [1.54, 1.807) is 6.20 Å². The Morgan fingerprint density at radius 3 is 2.76 bits per heavy atom. The van der Waals surface area contributed by atoms with Crippen LogP contribution >= 0.6 is 0 Å². The van der Waals surface area contributed by atoms with Crippen molar-refractivity contribution in [1.82, 2.24) is 9.97 Å². The Morgan fingerprint density at radius 1 is 1.18 bits per heavy atom. The molecule has 0 bridgehead atoms. The van der Waals surface area contributed by atoms with E-state index < -0.39 is 0 Å². The Labute approximate surface area is 99.8 Å². The molecular formula is C13H15N3O. The fourth-order valence-electron chi connectivity index (χ4n) is 2.25. The number of aromatic nitrogens is 2. The van der Waals surface area contributed by atoms with Crippen LogP contribution in [0.25, 0.3) is 11.0 Å². The van der Waals surface area contributed by atoms with E-state index in [-0.39, 0.29) is 12.1 Å². The predicted octanol–water partition coefficient (Wildman–Crippen LogP) is 1.89. The Bertz CT molecular complexity index is 529. The standard InChI is InChI=1S/C13H15N3O/c14-9-5-6-10(7-9)17-13-8-15-11-3-1-2-4-12(11)16-13/h1-4,8-10H,5-7,14H2. The molecule has 4 heteroatoms. The first-order valence-electron chi connectivity index (χ1n) is 5.95. The van der Waals surface area contributed by atoms with Crippen molar-refractivity contribution >= 4 is 11.0 Å². The van der Waals surface area contributed by atoms with E-state index in [0.29, 0.717) is 5.88 Å². The van der Waals surface area contributed by atoms with E-state index in [1.807, 2.05) is 24.3 Å². The quantitative estimate of drug-likeness (QED) is 0.854. The normalized spacial score (nSPS) is 24.1. The first-order valence-corrected chi connectivity index (χ1v) is 5.95. The maximum Gasteiger partial charge on any atom is 0.233 e. The van der Waals surface area contributed by atoms with E-state index >= 15 is 0 Å². The van der Waals surface area contributed by atoms with Crippen LogP contribution in [0.15, 0.2) is 30.5 Å². The van der Waals surface area contributed by atoms with Gasteiger partial charge in [-0.25, -0.2) is 9.97 Å². The van der Waals surface area contributed by atoms with Gasteiger partial charge in [-0.2, -0.15) is 0 Å². The van der Waals surface area contributed by atoms with E-state index in [9.17, 15) is 0 Å². The van der Waals surface area contributed by atoms with Crippen LogP contribution in [0.2, 0.25) is 0 Å². The maximum absolute atomic E-state index is 5.85. The van der Waals surface area contributed by atoms with Crippen LogP contribution in [0.1, 0.15) is 19.3 Å². The smallest absolute Gasteiger partial charge is 0.233 e. The van der Waals surface area contributed by atoms with Crippen molar-refractivity contribution < 1.29 is 4.74 Å². The second kappa shape index (κ2) is 4.30. The topological polar surface area (TPSA) is 61.0 Å². The molecular weight excluding hydrogens is 214 g/mol. The highest BCUT2D eigenvalue weighted by Gasteiger charge is 2.23. The van der Waals surface area contributed by atoms with Crippen LogP contribution in [-0.2, 0) is 0 Å². The van der Waals surface area contributed by atoms with Gasteiger partial charge in [0.1, 0.15) is 6.10 Å². The summed E-state index contributed by atoms with van der Waals surface area (Å²) >= 11 is 0. The zero-order valence-corrected chi connectivity index (χ0v) is 9.54. The van der Waals surface area contributed by atoms with Crippen molar-refractivity contribution in [3.8, 4) is 5.88 Å². The van der Waals surface area contributed by atoms with Gasteiger partial charge in [-0.3, -0.25) is 0 Å². The molecule has 0 amide bonds. The van der Waals surface area contributed by atoms with E-state index in [1.165, 1.54) is 0 Å². The molecule has 1 aliphatic rings. The minimum absolute atomic E-state index is 0.195. The SMILES string of the molecule is NC1CCC(Oc2cnc3ccccc3n2)C1. The van der Waals surface area contributed by atoms with Crippen LogP contribution in [0.5, 0.6) is 5.88 Å². The molecule has 1 aromatic heterocycles. The molecule has 2 unspecified atom stereocenters. The van der Waals surface area contributed by atoms with Crippen LogP contribution in [0.3, 0.4) is 0 Å². The summed E-state index contributed by atoms with van der Waals surface area (Å²) in [6.45, 7) is 0. The molecule has 2 N–H and O–H groups in total. The summed E-state index contributed by atoms with van der Waals surface area (Å²) in [6, 6.07) is 8.06. The van der Waals surface area contributed by atoms with Crippen molar-refractivity contribution in [3.63, 3.8) is 0 Å². The zero-order chi connectivity index (χ0) is 11.7. The van der Waals surface area contributed by atoms with E-state index in [2.05, 4.69) is 9.97 Å². The van der Waals surface area contributed by atoms with Gasteiger partial charge >= 0.3 is 0 Å². The third-order valence-corrected chi connectivity index (χ3v) is 3.14. The minimum atomic E-state index is 0.195. The molecule has 2 atom stereocenters. The number of nitrogens with zero attached hydrogens (tertiary/aromatic N) is 2. The molecule has 0 aliphatic heterocycles. The van der Waals surface area contributed by atoms with Gasteiger partial charge in [0, 0.05) is 6.04 Å². The number of hydrogen-bond donors (Lipinski definition) is 1.